The van der Waals surface area contributed by atoms with Gasteiger partial charge in [-0.15, -0.1) is 4.98 Å². The van der Waals surface area contributed by atoms with Gasteiger partial charge in [-0.3, -0.25) is 0 Å². The molecular formula is C12H11Cl2N3O2. The Morgan fingerprint density at radius 2 is 1.53 bits per heavy atom. The quantitative estimate of drug-likeness (QED) is 0.867. The molecule has 0 spiro atoms. The Kier molecular flexibility index (Phi) is 4.07. The van der Waals surface area contributed by atoms with Crippen molar-refractivity contribution in [1.29, 1.82) is 0 Å². The van der Waals surface area contributed by atoms with Gasteiger partial charge in [0, 0.05) is 5.02 Å². The van der Waals surface area contributed by atoms with Crippen molar-refractivity contribution in [3.8, 4) is 17.8 Å². The summed E-state index contributed by atoms with van der Waals surface area (Å²) in [6, 6.07) is 3.76. The van der Waals surface area contributed by atoms with E-state index in [9.17, 15) is 0 Å². The average Bonchev–Trinajstić information content (AvgIpc) is 2.33. The maximum Gasteiger partial charge on any atom is 0.329 e. The molecule has 0 bridgehead atoms. The number of aromatic nitrogens is 3. The highest BCUT2D eigenvalue weighted by Crippen LogP contribution is 2.30. The molecule has 1 aromatic carbocycles. The van der Waals surface area contributed by atoms with E-state index in [1.54, 1.807) is 12.1 Å². The van der Waals surface area contributed by atoms with Crippen LogP contribution in [0.5, 0.6) is 17.8 Å². The molecule has 0 aliphatic rings. The zero-order chi connectivity index (χ0) is 14.0. The topological polar surface area (TPSA) is 57.1 Å². The zero-order valence-electron chi connectivity index (χ0n) is 10.6. The van der Waals surface area contributed by atoms with E-state index in [1.165, 1.54) is 7.11 Å². The van der Waals surface area contributed by atoms with E-state index >= 15 is 0 Å². The molecule has 0 saturated carbocycles. The van der Waals surface area contributed by atoms with E-state index in [0.717, 1.165) is 11.1 Å². The molecular weight excluding hydrogens is 289 g/mol. The lowest BCUT2D eigenvalue weighted by atomic mass is 10.1. The van der Waals surface area contributed by atoms with E-state index in [0.29, 0.717) is 10.8 Å². The van der Waals surface area contributed by atoms with Crippen LogP contribution in [0.2, 0.25) is 10.3 Å². The molecule has 7 heteroatoms. The van der Waals surface area contributed by atoms with Gasteiger partial charge >= 0.3 is 12.0 Å². The highest BCUT2D eigenvalue weighted by molar-refractivity contribution is 6.30. The third-order valence-electron chi connectivity index (χ3n) is 2.37. The van der Waals surface area contributed by atoms with E-state index in [4.69, 9.17) is 32.7 Å². The first kappa shape index (κ1) is 13.8. The molecule has 0 atom stereocenters. The van der Waals surface area contributed by atoms with Crippen molar-refractivity contribution in [1.82, 2.24) is 15.0 Å². The van der Waals surface area contributed by atoms with Crippen LogP contribution in [0.25, 0.3) is 0 Å². The van der Waals surface area contributed by atoms with E-state index in [-0.39, 0.29) is 17.3 Å². The summed E-state index contributed by atoms with van der Waals surface area (Å²) in [5.74, 6) is 0.633. The lowest BCUT2D eigenvalue weighted by molar-refractivity contribution is 0.358. The first-order valence-electron chi connectivity index (χ1n) is 5.39. The van der Waals surface area contributed by atoms with Crippen LogP contribution in [-0.4, -0.2) is 22.1 Å². The van der Waals surface area contributed by atoms with Gasteiger partial charge in [0.2, 0.25) is 5.28 Å². The third-order valence-corrected chi connectivity index (χ3v) is 2.76. The fourth-order valence-corrected chi connectivity index (χ4v) is 2.07. The maximum absolute atomic E-state index is 5.96. The van der Waals surface area contributed by atoms with E-state index in [2.05, 4.69) is 15.0 Å². The largest absolute Gasteiger partial charge is 0.467 e. The lowest BCUT2D eigenvalue weighted by Gasteiger charge is -2.11. The van der Waals surface area contributed by atoms with Crippen LogP contribution in [0.1, 0.15) is 11.1 Å². The second-order valence-corrected chi connectivity index (χ2v) is 4.62. The second kappa shape index (κ2) is 5.59. The van der Waals surface area contributed by atoms with Gasteiger partial charge in [0.1, 0.15) is 5.75 Å². The van der Waals surface area contributed by atoms with Crippen molar-refractivity contribution < 1.29 is 9.47 Å². The molecule has 0 amide bonds. The van der Waals surface area contributed by atoms with Crippen LogP contribution < -0.4 is 9.47 Å². The first-order chi connectivity index (χ1) is 8.99. The number of ether oxygens (including phenoxy) is 2. The van der Waals surface area contributed by atoms with E-state index < -0.39 is 0 Å². The van der Waals surface area contributed by atoms with Gasteiger partial charge in [0.25, 0.3) is 0 Å². The molecule has 1 heterocycles. The Hall–Kier alpha value is -1.59. The number of methoxy groups -OCH3 is 1. The molecule has 5 nitrogen and oxygen atoms in total. The smallest absolute Gasteiger partial charge is 0.329 e. The summed E-state index contributed by atoms with van der Waals surface area (Å²) in [7, 11) is 1.44. The number of rotatable bonds is 3. The summed E-state index contributed by atoms with van der Waals surface area (Å²) in [5, 5.41) is 0.653. The fourth-order valence-electron chi connectivity index (χ4n) is 1.60. The summed E-state index contributed by atoms with van der Waals surface area (Å²) < 4.78 is 10.5. The Labute approximate surface area is 120 Å². The molecule has 0 aliphatic heterocycles. The standard InChI is InChI=1S/C12H11Cl2N3O2/c1-6-4-8(13)5-7(2)9(6)19-12-16-10(14)15-11(17-12)18-3/h4-5H,1-3H3. The number of hydrogen-bond acceptors (Lipinski definition) is 5. The van der Waals surface area contributed by atoms with Gasteiger partial charge in [0.05, 0.1) is 7.11 Å². The summed E-state index contributed by atoms with van der Waals surface area (Å²) >= 11 is 11.7. The average molecular weight is 300 g/mol. The van der Waals surface area contributed by atoms with Gasteiger partial charge < -0.3 is 9.47 Å². The van der Waals surface area contributed by atoms with Crippen LogP contribution >= 0.6 is 23.2 Å². The van der Waals surface area contributed by atoms with Crippen molar-refractivity contribution in [2.75, 3.05) is 7.11 Å². The van der Waals surface area contributed by atoms with Gasteiger partial charge in [-0.2, -0.15) is 9.97 Å². The van der Waals surface area contributed by atoms with Crippen LogP contribution in [0, 0.1) is 13.8 Å². The number of hydrogen-bond donors (Lipinski definition) is 0. The van der Waals surface area contributed by atoms with Crippen molar-refractivity contribution in [3.05, 3.63) is 33.6 Å². The van der Waals surface area contributed by atoms with Gasteiger partial charge in [-0.05, 0) is 48.7 Å². The Bertz CT molecular complexity index is 597. The number of benzene rings is 1. The Balaban J connectivity index is 2.39. The van der Waals surface area contributed by atoms with Crippen molar-refractivity contribution in [2.45, 2.75) is 13.8 Å². The van der Waals surface area contributed by atoms with Crippen molar-refractivity contribution in [2.24, 2.45) is 0 Å². The Morgan fingerprint density at radius 3 is 2.11 bits per heavy atom. The zero-order valence-corrected chi connectivity index (χ0v) is 12.1. The highest BCUT2D eigenvalue weighted by Gasteiger charge is 2.11. The summed E-state index contributed by atoms with van der Waals surface area (Å²) in [6.07, 6.45) is 0. The number of aryl methyl sites for hydroxylation is 2. The molecule has 1 aromatic heterocycles. The predicted octanol–water partition coefficient (Wildman–Crippen LogP) is 3.60. The fraction of sp³-hybridized carbons (Fsp3) is 0.250. The predicted molar refractivity (Wildman–Crippen MR) is 72.4 cm³/mol. The van der Waals surface area contributed by atoms with Crippen LogP contribution in [-0.2, 0) is 0 Å². The number of nitrogens with zero attached hydrogens (tertiary/aromatic N) is 3. The van der Waals surface area contributed by atoms with E-state index in [1.807, 2.05) is 13.8 Å². The number of halogens is 2. The third kappa shape index (κ3) is 3.24. The molecule has 2 rings (SSSR count). The molecule has 2 aromatic rings. The van der Waals surface area contributed by atoms with Crippen LogP contribution in [0.3, 0.4) is 0 Å². The summed E-state index contributed by atoms with van der Waals surface area (Å²) in [5.41, 5.74) is 1.75. The molecule has 0 N–H and O–H groups in total. The molecule has 100 valence electrons. The minimum Gasteiger partial charge on any atom is -0.467 e. The molecule has 0 fully saturated rings. The van der Waals surface area contributed by atoms with Crippen molar-refractivity contribution in [3.63, 3.8) is 0 Å². The molecule has 0 aliphatic carbocycles. The highest BCUT2D eigenvalue weighted by atomic mass is 35.5. The van der Waals surface area contributed by atoms with Gasteiger partial charge in [0.15, 0.2) is 0 Å². The SMILES string of the molecule is COc1nc(Cl)nc(Oc2c(C)cc(Cl)cc2C)n1. The molecule has 0 unspecified atom stereocenters. The first-order valence-corrected chi connectivity index (χ1v) is 6.15. The Morgan fingerprint density at radius 1 is 0.947 bits per heavy atom. The van der Waals surface area contributed by atoms with Crippen molar-refractivity contribution >= 4 is 23.2 Å². The molecule has 0 radical (unpaired) electrons. The molecule has 19 heavy (non-hydrogen) atoms. The van der Waals surface area contributed by atoms with Crippen LogP contribution in [0.15, 0.2) is 12.1 Å². The minimum absolute atomic E-state index is 0.00567. The minimum atomic E-state index is 0.00567. The van der Waals surface area contributed by atoms with Gasteiger partial charge in [-0.25, -0.2) is 0 Å². The van der Waals surface area contributed by atoms with Gasteiger partial charge in [-0.1, -0.05) is 11.6 Å². The monoisotopic (exact) mass is 299 g/mol. The second-order valence-electron chi connectivity index (χ2n) is 3.84. The molecule has 0 saturated heterocycles. The normalized spacial score (nSPS) is 10.4. The summed E-state index contributed by atoms with van der Waals surface area (Å²) in [4.78, 5) is 11.6. The summed E-state index contributed by atoms with van der Waals surface area (Å²) in [6.45, 7) is 3.77. The lowest BCUT2D eigenvalue weighted by Crippen LogP contribution is -2.00. The van der Waals surface area contributed by atoms with Crippen LogP contribution in [0.4, 0.5) is 0 Å². The maximum atomic E-state index is 5.96.